The number of aromatic amines is 1. The van der Waals surface area contributed by atoms with Crippen molar-refractivity contribution < 1.29 is 9.32 Å². The van der Waals surface area contributed by atoms with Crippen LogP contribution in [0, 0.1) is 13.8 Å². The van der Waals surface area contributed by atoms with Crippen LogP contribution in [-0.2, 0) is 18.9 Å². The van der Waals surface area contributed by atoms with Crippen molar-refractivity contribution in [3.05, 3.63) is 70.5 Å². The Morgan fingerprint density at radius 3 is 2.70 bits per heavy atom. The average Bonchev–Trinajstić information content (AvgIpc) is 3.59. The molecule has 0 aliphatic heterocycles. The molecule has 5 aromatic rings. The minimum Gasteiger partial charge on any atom is -0.360 e. The predicted molar refractivity (Wildman–Crippen MR) is 154 cm³/mol. The Morgan fingerprint density at radius 1 is 1.15 bits per heavy atom. The van der Waals surface area contributed by atoms with Crippen LogP contribution in [0.25, 0.3) is 33.7 Å². The molecule has 0 fully saturated rings. The number of benzene rings is 1. The summed E-state index contributed by atoms with van der Waals surface area (Å²) < 4.78 is 7.32. The molecule has 2 N–H and O–H groups in total. The minimum absolute atomic E-state index is 0.0819. The van der Waals surface area contributed by atoms with Crippen LogP contribution in [0.1, 0.15) is 84.8 Å². The molecule has 0 saturated carbocycles. The van der Waals surface area contributed by atoms with Crippen molar-refractivity contribution in [2.24, 2.45) is 7.05 Å². The summed E-state index contributed by atoms with van der Waals surface area (Å²) in [5.74, 6) is 1.27. The summed E-state index contributed by atoms with van der Waals surface area (Å²) in [5, 5.41) is 11.8. The number of aromatic nitrogens is 6. The number of H-pyrrole nitrogens is 1. The van der Waals surface area contributed by atoms with Gasteiger partial charge in [-0.1, -0.05) is 50.5 Å². The van der Waals surface area contributed by atoms with Crippen molar-refractivity contribution >= 4 is 17.1 Å². The maximum Gasteiger partial charge on any atom is 0.273 e. The topological polar surface area (TPSA) is 115 Å². The van der Waals surface area contributed by atoms with Gasteiger partial charge in [-0.3, -0.25) is 9.48 Å². The maximum atomic E-state index is 13.1. The summed E-state index contributed by atoms with van der Waals surface area (Å²) in [6.45, 7) is 10.2. The number of carbonyl (C=O) groups excluding carboxylic acids is 1. The van der Waals surface area contributed by atoms with E-state index >= 15 is 0 Å². The summed E-state index contributed by atoms with van der Waals surface area (Å²) in [6, 6.07) is 10.2. The SMILES string of the molecule is Cc1nn(C)c(C)c1-c1nc2nccc(-c3ccc4c(c3)CCCC[C@@H]4NC(=O)c3cc(C(C)(C)C)on3)c2[nH]1. The van der Waals surface area contributed by atoms with E-state index in [1.54, 1.807) is 6.07 Å². The zero-order chi connectivity index (χ0) is 28.2. The smallest absolute Gasteiger partial charge is 0.273 e. The molecule has 4 aromatic heterocycles. The van der Waals surface area contributed by atoms with Gasteiger partial charge in [0.2, 0.25) is 0 Å². The number of nitrogens with one attached hydrogen (secondary N) is 2. The zero-order valence-corrected chi connectivity index (χ0v) is 23.9. The maximum absolute atomic E-state index is 13.1. The van der Waals surface area contributed by atoms with E-state index in [9.17, 15) is 4.79 Å². The van der Waals surface area contributed by atoms with E-state index in [-0.39, 0.29) is 17.4 Å². The third kappa shape index (κ3) is 4.59. The Balaban J connectivity index is 1.32. The van der Waals surface area contributed by atoms with E-state index in [4.69, 9.17) is 9.51 Å². The lowest BCUT2D eigenvalue weighted by molar-refractivity contribution is 0.0925. The quantitative estimate of drug-likeness (QED) is 0.267. The van der Waals surface area contributed by atoms with Gasteiger partial charge in [0.1, 0.15) is 11.6 Å². The second-order valence-corrected chi connectivity index (χ2v) is 11.8. The molecule has 9 nitrogen and oxygen atoms in total. The number of amides is 1. The molecule has 6 rings (SSSR count). The highest BCUT2D eigenvalue weighted by Gasteiger charge is 2.26. The van der Waals surface area contributed by atoms with E-state index in [1.165, 1.54) is 5.56 Å². The van der Waals surface area contributed by atoms with E-state index in [0.29, 0.717) is 17.1 Å². The molecule has 0 saturated heterocycles. The Bertz CT molecular complexity index is 1730. The Kier molecular flexibility index (Phi) is 6.32. The zero-order valence-electron chi connectivity index (χ0n) is 23.9. The monoisotopic (exact) mass is 537 g/mol. The minimum atomic E-state index is -0.208. The molecule has 0 radical (unpaired) electrons. The fraction of sp³-hybridized carbons (Fsp3) is 0.387. The average molecular weight is 538 g/mol. The molecule has 1 aliphatic rings. The molecule has 1 atom stereocenters. The standard InChI is InChI=1S/C31H35N7O2/c1-17-26(18(2)38(6)36-17)28-34-27-22(13-14-32-29(27)35-28)20-11-12-21-19(15-20)9-7-8-10-23(21)33-30(39)24-16-25(40-37-24)31(3,4)5/h11-16,23H,7-10H2,1-6H3,(H,33,39)(H,32,34,35)/t23-/m0/s1. The number of hydrogen-bond donors (Lipinski definition) is 2. The number of nitrogens with zero attached hydrogens (tertiary/aromatic N) is 5. The van der Waals surface area contributed by atoms with Crippen LogP contribution in [0.5, 0.6) is 0 Å². The van der Waals surface area contributed by atoms with E-state index < -0.39 is 0 Å². The van der Waals surface area contributed by atoms with Gasteiger partial charge in [0, 0.05) is 36.0 Å². The normalized spacial score (nSPS) is 15.7. The van der Waals surface area contributed by atoms with Crippen molar-refractivity contribution in [3.8, 4) is 22.5 Å². The molecule has 40 heavy (non-hydrogen) atoms. The fourth-order valence-electron chi connectivity index (χ4n) is 5.65. The first-order chi connectivity index (χ1) is 19.1. The van der Waals surface area contributed by atoms with Gasteiger partial charge in [-0.15, -0.1) is 0 Å². The highest BCUT2D eigenvalue weighted by Crippen LogP contribution is 2.35. The second-order valence-electron chi connectivity index (χ2n) is 11.8. The van der Waals surface area contributed by atoms with Crippen LogP contribution in [0.4, 0.5) is 0 Å². The van der Waals surface area contributed by atoms with Crippen LogP contribution in [0.3, 0.4) is 0 Å². The van der Waals surface area contributed by atoms with Crippen LogP contribution >= 0.6 is 0 Å². The number of fused-ring (bicyclic) bond motifs is 2. The molecule has 1 amide bonds. The lowest BCUT2D eigenvalue weighted by Crippen LogP contribution is -2.29. The summed E-state index contributed by atoms with van der Waals surface area (Å²) in [7, 11) is 1.94. The lowest BCUT2D eigenvalue weighted by Gasteiger charge is -2.19. The van der Waals surface area contributed by atoms with Crippen LogP contribution in [0.2, 0.25) is 0 Å². The van der Waals surface area contributed by atoms with Crippen molar-refractivity contribution in [1.29, 1.82) is 0 Å². The van der Waals surface area contributed by atoms with Gasteiger partial charge in [-0.2, -0.15) is 5.10 Å². The Labute approximate surface area is 233 Å². The van der Waals surface area contributed by atoms with E-state index in [2.05, 4.69) is 43.7 Å². The molecule has 1 aromatic carbocycles. The van der Waals surface area contributed by atoms with Crippen LogP contribution in [-0.4, -0.2) is 35.8 Å². The van der Waals surface area contributed by atoms with Gasteiger partial charge >= 0.3 is 0 Å². The van der Waals surface area contributed by atoms with E-state index in [0.717, 1.165) is 70.7 Å². The molecule has 4 heterocycles. The molecule has 0 spiro atoms. The number of rotatable bonds is 4. The predicted octanol–water partition coefficient (Wildman–Crippen LogP) is 6.13. The highest BCUT2D eigenvalue weighted by atomic mass is 16.5. The molecule has 0 bridgehead atoms. The molecular formula is C31H35N7O2. The van der Waals surface area contributed by atoms with Crippen LogP contribution < -0.4 is 5.32 Å². The fourth-order valence-corrected chi connectivity index (χ4v) is 5.65. The number of imidazole rings is 1. The number of pyridine rings is 1. The third-order valence-corrected chi connectivity index (χ3v) is 7.94. The summed E-state index contributed by atoms with van der Waals surface area (Å²) in [5.41, 5.74) is 9.24. The number of hydrogen-bond acceptors (Lipinski definition) is 6. The molecule has 206 valence electrons. The van der Waals surface area contributed by atoms with Crippen molar-refractivity contribution in [3.63, 3.8) is 0 Å². The van der Waals surface area contributed by atoms with Crippen LogP contribution in [0.15, 0.2) is 41.1 Å². The lowest BCUT2D eigenvalue weighted by atomic mass is 9.93. The number of carbonyl (C=O) groups is 1. The molecule has 0 unspecified atom stereocenters. The Hall–Kier alpha value is -4.27. The van der Waals surface area contributed by atoms with Gasteiger partial charge in [-0.25, -0.2) is 9.97 Å². The van der Waals surface area contributed by atoms with Crippen molar-refractivity contribution in [1.82, 2.24) is 35.2 Å². The second kappa shape index (κ2) is 9.73. The largest absolute Gasteiger partial charge is 0.360 e. The first kappa shape index (κ1) is 26.0. The molecule has 1 aliphatic carbocycles. The summed E-state index contributed by atoms with van der Waals surface area (Å²) in [6.07, 6.45) is 5.76. The van der Waals surface area contributed by atoms with Gasteiger partial charge in [0.05, 0.1) is 22.8 Å². The molecular weight excluding hydrogens is 502 g/mol. The van der Waals surface area contributed by atoms with Gasteiger partial charge in [0.25, 0.3) is 5.91 Å². The number of aryl methyl sites for hydroxylation is 3. The van der Waals surface area contributed by atoms with Crippen molar-refractivity contribution in [2.45, 2.75) is 71.8 Å². The highest BCUT2D eigenvalue weighted by molar-refractivity contribution is 5.93. The Morgan fingerprint density at radius 2 is 1.98 bits per heavy atom. The van der Waals surface area contributed by atoms with Gasteiger partial charge in [0.15, 0.2) is 11.3 Å². The first-order valence-corrected chi connectivity index (χ1v) is 13.9. The molecule has 9 heteroatoms. The summed E-state index contributed by atoms with van der Waals surface area (Å²) >= 11 is 0. The third-order valence-electron chi connectivity index (χ3n) is 7.94. The summed E-state index contributed by atoms with van der Waals surface area (Å²) in [4.78, 5) is 26.0. The van der Waals surface area contributed by atoms with Crippen molar-refractivity contribution in [2.75, 3.05) is 0 Å². The van der Waals surface area contributed by atoms with E-state index in [1.807, 2.05) is 58.6 Å². The first-order valence-electron chi connectivity index (χ1n) is 13.9. The van der Waals surface area contributed by atoms with Gasteiger partial charge < -0.3 is 14.8 Å². The van der Waals surface area contributed by atoms with Gasteiger partial charge in [-0.05, 0) is 55.9 Å².